The van der Waals surface area contributed by atoms with Gasteiger partial charge in [0.15, 0.2) is 6.17 Å². The van der Waals surface area contributed by atoms with Crippen molar-refractivity contribution < 1.29 is 13.6 Å². The third-order valence-electron chi connectivity index (χ3n) is 1.36. The van der Waals surface area contributed by atoms with Crippen molar-refractivity contribution in [1.82, 2.24) is 0 Å². The van der Waals surface area contributed by atoms with Crippen LogP contribution >= 0.6 is 11.6 Å². The Kier molecular flexibility index (Phi) is 2.76. The lowest BCUT2D eigenvalue weighted by Gasteiger charge is -2.01. The van der Waals surface area contributed by atoms with Gasteiger partial charge >= 0.3 is 0 Å². The van der Waals surface area contributed by atoms with Crippen molar-refractivity contribution in [2.75, 3.05) is 0 Å². The van der Waals surface area contributed by atoms with E-state index in [-0.39, 0.29) is 5.56 Å². The first-order valence-electron chi connectivity index (χ1n) is 3.20. The third kappa shape index (κ3) is 2.01. The molecular formula is C8H5ClF2O. The fourth-order valence-electron chi connectivity index (χ4n) is 0.763. The van der Waals surface area contributed by atoms with Crippen LogP contribution in [0.4, 0.5) is 8.78 Å². The molecule has 0 N–H and O–H groups in total. The molecule has 4 heteroatoms. The van der Waals surface area contributed by atoms with E-state index in [1.54, 1.807) is 0 Å². The van der Waals surface area contributed by atoms with Crippen LogP contribution in [0, 0.1) is 5.82 Å². The quantitative estimate of drug-likeness (QED) is 0.656. The van der Waals surface area contributed by atoms with Gasteiger partial charge in [0.05, 0.1) is 0 Å². The number of hydrogen-bond acceptors (Lipinski definition) is 1. The van der Waals surface area contributed by atoms with Crippen LogP contribution in [0.1, 0.15) is 11.7 Å². The first kappa shape index (κ1) is 9.13. The number of halogens is 3. The SMILES string of the molecule is O=C(Cl)C(F)c1ccc(F)cc1. The Labute approximate surface area is 73.0 Å². The Morgan fingerprint density at radius 3 is 2.25 bits per heavy atom. The first-order valence-corrected chi connectivity index (χ1v) is 3.58. The van der Waals surface area contributed by atoms with E-state index in [0.717, 1.165) is 12.1 Å². The molecule has 1 rings (SSSR count). The molecular weight excluding hydrogens is 186 g/mol. The zero-order valence-corrected chi connectivity index (χ0v) is 6.68. The summed E-state index contributed by atoms with van der Waals surface area (Å²) in [5, 5.41) is -1.10. The molecule has 0 saturated heterocycles. The van der Waals surface area contributed by atoms with E-state index >= 15 is 0 Å². The monoisotopic (exact) mass is 190 g/mol. The number of rotatable bonds is 2. The van der Waals surface area contributed by atoms with Crippen molar-refractivity contribution >= 4 is 16.8 Å². The second-order valence-corrected chi connectivity index (χ2v) is 2.59. The van der Waals surface area contributed by atoms with Crippen LogP contribution in [0.3, 0.4) is 0 Å². The normalized spacial score (nSPS) is 12.6. The van der Waals surface area contributed by atoms with Crippen molar-refractivity contribution in [3.63, 3.8) is 0 Å². The van der Waals surface area contributed by atoms with Gasteiger partial charge in [-0.05, 0) is 29.3 Å². The molecule has 12 heavy (non-hydrogen) atoms. The predicted molar refractivity (Wildman–Crippen MR) is 41.1 cm³/mol. The van der Waals surface area contributed by atoms with E-state index in [2.05, 4.69) is 0 Å². The van der Waals surface area contributed by atoms with Gasteiger partial charge < -0.3 is 0 Å². The van der Waals surface area contributed by atoms with Crippen LogP contribution in [0.25, 0.3) is 0 Å². The molecule has 0 spiro atoms. The average molecular weight is 191 g/mol. The molecule has 0 aliphatic carbocycles. The van der Waals surface area contributed by atoms with Crippen molar-refractivity contribution in [2.24, 2.45) is 0 Å². The Morgan fingerprint density at radius 2 is 1.83 bits per heavy atom. The third-order valence-corrected chi connectivity index (χ3v) is 1.55. The summed E-state index contributed by atoms with van der Waals surface area (Å²) in [6.07, 6.45) is -1.87. The zero-order chi connectivity index (χ0) is 9.14. The Balaban J connectivity index is 2.89. The van der Waals surface area contributed by atoms with Gasteiger partial charge in [0.2, 0.25) is 0 Å². The summed E-state index contributed by atoms with van der Waals surface area (Å²) in [6.45, 7) is 0. The number of benzene rings is 1. The van der Waals surface area contributed by atoms with Crippen molar-refractivity contribution in [1.29, 1.82) is 0 Å². The number of carbonyl (C=O) groups excluding carboxylic acids is 1. The topological polar surface area (TPSA) is 17.1 Å². The summed E-state index contributed by atoms with van der Waals surface area (Å²) in [5.41, 5.74) is 0.0661. The van der Waals surface area contributed by atoms with E-state index in [1.807, 2.05) is 0 Å². The molecule has 1 unspecified atom stereocenters. The van der Waals surface area contributed by atoms with Crippen molar-refractivity contribution in [3.8, 4) is 0 Å². The maximum Gasteiger partial charge on any atom is 0.260 e. The highest BCUT2D eigenvalue weighted by Gasteiger charge is 2.16. The van der Waals surface area contributed by atoms with Crippen LogP contribution in [0.5, 0.6) is 0 Å². The summed E-state index contributed by atoms with van der Waals surface area (Å²) in [6, 6.07) is 4.50. The molecule has 0 saturated carbocycles. The Bertz CT molecular complexity index is 284. The van der Waals surface area contributed by atoms with Crippen LogP contribution < -0.4 is 0 Å². The van der Waals surface area contributed by atoms with Crippen molar-refractivity contribution in [2.45, 2.75) is 6.17 Å². The smallest absolute Gasteiger partial charge is 0.260 e. The molecule has 0 aliphatic rings. The zero-order valence-electron chi connectivity index (χ0n) is 5.93. The van der Waals surface area contributed by atoms with Gasteiger partial charge in [-0.3, -0.25) is 4.79 Å². The Morgan fingerprint density at radius 1 is 1.33 bits per heavy atom. The van der Waals surface area contributed by atoms with Crippen molar-refractivity contribution in [3.05, 3.63) is 35.6 Å². The molecule has 0 bridgehead atoms. The van der Waals surface area contributed by atoms with Crippen LogP contribution in [0.2, 0.25) is 0 Å². The van der Waals surface area contributed by atoms with Gasteiger partial charge in [-0.25, -0.2) is 8.78 Å². The van der Waals surface area contributed by atoms with Gasteiger partial charge in [-0.1, -0.05) is 12.1 Å². The Hall–Kier alpha value is -0.960. The molecule has 1 nitrogen and oxygen atoms in total. The minimum absolute atomic E-state index is 0.0661. The molecule has 0 fully saturated rings. The highest BCUT2D eigenvalue weighted by molar-refractivity contribution is 6.64. The molecule has 0 aromatic heterocycles. The van der Waals surface area contributed by atoms with E-state index in [1.165, 1.54) is 12.1 Å². The van der Waals surface area contributed by atoms with Crippen LogP contribution in [0.15, 0.2) is 24.3 Å². The van der Waals surface area contributed by atoms with E-state index in [9.17, 15) is 13.6 Å². The maximum absolute atomic E-state index is 12.8. The van der Waals surface area contributed by atoms with E-state index in [4.69, 9.17) is 11.6 Å². The second kappa shape index (κ2) is 3.63. The lowest BCUT2D eigenvalue weighted by Crippen LogP contribution is -1.99. The fourth-order valence-corrected chi connectivity index (χ4v) is 0.889. The summed E-state index contributed by atoms with van der Waals surface area (Å²) < 4.78 is 25.1. The van der Waals surface area contributed by atoms with Gasteiger partial charge in [0.1, 0.15) is 5.82 Å². The number of carbonyl (C=O) groups is 1. The molecule has 1 aromatic rings. The largest absolute Gasteiger partial charge is 0.278 e. The molecule has 0 aliphatic heterocycles. The molecule has 1 aromatic carbocycles. The van der Waals surface area contributed by atoms with Gasteiger partial charge in [-0.15, -0.1) is 0 Å². The highest BCUT2D eigenvalue weighted by atomic mass is 35.5. The maximum atomic E-state index is 12.8. The molecule has 0 radical (unpaired) electrons. The first-order chi connectivity index (χ1) is 5.61. The van der Waals surface area contributed by atoms with E-state index in [0.29, 0.717) is 0 Å². The molecule has 0 amide bonds. The predicted octanol–water partition coefficient (Wildman–Crippen LogP) is 2.60. The number of hydrogen-bond donors (Lipinski definition) is 0. The minimum Gasteiger partial charge on any atom is -0.278 e. The molecule has 64 valence electrons. The summed E-state index contributed by atoms with van der Waals surface area (Å²) >= 11 is 4.89. The van der Waals surface area contributed by atoms with Crippen LogP contribution in [-0.2, 0) is 4.79 Å². The molecule has 1 atom stereocenters. The van der Waals surface area contributed by atoms with Gasteiger partial charge in [-0.2, -0.15) is 0 Å². The summed E-state index contributed by atoms with van der Waals surface area (Å²) in [7, 11) is 0. The second-order valence-electron chi connectivity index (χ2n) is 2.22. The number of alkyl halides is 1. The average Bonchev–Trinajstić information content (AvgIpc) is 2.04. The lowest BCUT2D eigenvalue weighted by molar-refractivity contribution is -0.116. The lowest BCUT2D eigenvalue weighted by atomic mass is 10.1. The van der Waals surface area contributed by atoms with Gasteiger partial charge in [0.25, 0.3) is 5.24 Å². The van der Waals surface area contributed by atoms with E-state index < -0.39 is 17.2 Å². The summed E-state index contributed by atoms with van der Waals surface area (Å²) in [5.74, 6) is -0.479. The summed E-state index contributed by atoms with van der Waals surface area (Å²) in [4.78, 5) is 10.3. The minimum atomic E-state index is -1.87. The van der Waals surface area contributed by atoms with Crippen LogP contribution in [-0.4, -0.2) is 5.24 Å². The fraction of sp³-hybridized carbons (Fsp3) is 0.125. The van der Waals surface area contributed by atoms with Gasteiger partial charge in [0, 0.05) is 0 Å². The highest BCUT2D eigenvalue weighted by Crippen LogP contribution is 2.19. The molecule has 0 heterocycles. The standard InChI is InChI=1S/C8H5ClF2O/c9-8(12)7(11)5-1-3-6(10)4-2-5/h1-4,7H.